The zero-order valence-electron chi connectivity index (χ0n) is 7.73. The molecule has 0 radical (unpaired) electrons. The second-order valence-electron chi connectivity index (χ2n) is 2.96. The van der Waals surface area contributed by atoms with E-state index in [1.165, 1.54) is 0 Å². The van der Waals surface area contributed by atoms with Gasteiger partial charge in [-0.15, -0.1) is 0 Å². The van der Waals surface area contributed by atoms with Crippen LogP contribution >= 0.6 is 11.8 Å². The Bertz CT molecular complexity index is 177. The standard InChI is InChI=1S/C8H15NO3S/c1-13-5-3-9-2-4-12-6-7(9)8(10)11/h7H,2-6H2,1H3,(H,10,11). The molecule has 1 aliphatic heterocycles. The van der Waals surface area contributed by atoms with Crippen molar-refractivity contribution in [3.63, 3.8) is 0 Å². The predicted molar refractivity (Wildman–Crippen MR) is 52.2 cm³/mol. The number of carbonyl (C=O) groups is 1. The van der Waals surface area contributed by atoms with Crippen molar-refractivity contribution in [2.45, 2.75) is 6.04 Å². The molecule has 1 saturated heterocycles. The molecule has 4 nitrogen and oxygen atoms in total. The molecule has 13 heavy (non-hydrogen) atoms. The van der Waals surface area contributed by atoms with Gasteiger partial charge in [-0.3, -0.25) is 9.69 Å². The first-order valence-electron chi connectivity index (χ1n) is 4.29. The molecule has 1 heterocycles. The fraction of sp³-hybridized carbons (Fsp3) is 0.875. The van der Waals surface area contributed by atoms with Crippen LogP contribution in [-0.2, 0) is 9.53 Å². The molecule has 0 saturated carbocycles. The fourth-order valence-corrected chi connectivity index (χ4v) is 1.76. The van der Waals surface area contributed by atoms with Crippen LogP contribution in [0.3, 0.4) is 0 Å². The van der Waals surface area contributed by atoms with Crippen molar-refractivity contribution in [3.8, 4) is 0 Å². The van der Waals surface area contributed by atoms with Crippen molar-refractivity contribution < 1.29 is 14.6 Å². The largest absolute Gasteiger partial charge is 0.480 e. The van der Waals surface area contributed by atoms with Crippen LogP contribution < -0.4 is 0 Å². The molecule has 1 fully saturated rings. The number of morpholine rings is 1. The molecule has 1 rings (SSSR count). The third kappa shape index (κ3) is 3.17. The molecule has 76 valence electrons. The van der Waals surface area contributed by atoms with Gasteiger partial charge in [0, 0.05) is 18.8 Å². The summed E-state index contributed by atoms with van der Waals surface area (Å²) in [6.07, 6.45) is 2.02. The molecule has 0 aromatic rings. The number of thioether (sulfide) groups is 1. The van der Waals surface area contributed by atoms with Crippen molar-refractivity contribution >= 4 is 17.7 Å². The van der Waals surface area contributed by atoms with Gasteiger partial charge in [0.25, 0.3) is 0 Å². The first-order valence-corrected chi connectivity index (χ1v) is 5.68. The van der Waals surface area contributed by atoms with Gasteiger partial charge in [-0.05, 0) is 6.26 Å². The van der Waals surface area contributed by atoms with E-state index >= 15 is 0 Å². The Morgan fingerprint density at radius 3 is 3.15 bits per heavy atom. The minimum Gasteiger partial charge on any atom is -0.480 e. The summed E-state index contributed by atoms with van der Waals surface area (Å²) in [4.78, 5) is 12.8. The van der Waals surface area contributed by atoms with Crippen molar-refractivity contribution in [2.75, 3.05) is 38.3 Å². The fourth-order valence-electron chi connectivity index (χ4n) is 1.34. The first kappa shape index (κ1) is 10.8. The molecule has 0 amide bonds. The highest BCUT2D eigenvalue weighted by Gasteiger charge is 2.28. The molecule has 0 aliphatic carbocycles. The van der Waals surface area contributed by atoms with Gasteiger partial charge in [-0.25, -0.2) is 0 Å². The van der Waals surface area contributed by atoms with E-state index in [0.717, 1.165) is 18.8 Å². The molecular weight excluding hydrogens is 190 g/mol. The summed E-state index contributed by atoms with van der Waals surface area (Å²) in [5.74, 6) is 0.199. The van der Waals surface area contributed by atoms with Gasteiger partial charge in [0.15, 0.2) is 0 Å². The van der Waals surface area contributed by atoms with Crippen LogP contribution in [0.25, 0.3) is 0 Å². The monoisotopic (exact) mass is 205 g/mol. The molecule has 0 aromatic carbocycles. The van der Waals surface area contributed by atoms with E-state index in [2.05, 4.69) is 0 Å². The van der Waals surface area contributed by atoms with E-state index in [1.807, 2.05) is 11.2 Å². The van der Waals surface area contributed by atoms with Crippen molar-refractivity contribution in [3.05, 3.63) is 0 Å². The zero-order valence-corrected chi connectivity index (χ0v) is 8.55. The van der Waals surface area contributed by atoms with Crippen LogP contribution in [0.4, 0.5) is 0 Å². The number of nitrogens with zero attached hydrogens (tertiary/aromatic N) is 1. The Hall–Kier alpha value is -0.260. The third-order valence-corrected chi connectivity index (χ3v) is 2.70. The molecular formula is C8H15NO3S. The number of carboxylic acid groups (broad SMARTS) is 1. The highest BCUT2D eigenvalue weighted by Crippen LogP contribution is 2.08. The average Bonchev–Trinajstić information content (AvgIpc) is 2.15. The summed E-state index contributed by atoms with van der Waals surface area (Å²) in [7, 11) is 0. The maximum atomic E-state index is 10.8. The number of hydrogen-bond donors (Lipinski definition) is 1. The Kier molecular flexibility index (Phi) is 4.55. The zero-order chi connectivity index (χ0) is 9.68. The summed E-state index contributed by atoms with van der Waals surface area (Å²) in [6, 6.07) is -0.444. The lowest BCUT2D eigenvalue weighted by molar-refractivity contribution is -0.149. The Labute approximate surface area is 82.2 Å². The van der Waals surface area contributed by atoms with E-state index < -0.39 is 12.0 Å². The number of rotatable bonds is 4. The Morgan fingerprint density at radius 1 is 1.77 bits per heavy atom. The van der Waals surface area contributed by atoms with Crippen molar-refractivity contribution in [1.82, 2.24) is 4.90 Å². The molecule has 0 bridgehead atoms. The van der Waals surface area contributed by atoms with Gasteiger partial charge in [0.1, 0.15) is 6.04 Å². The maximum absolute atomic E-state index is 10.8. The van der Waals surface area contributed by atoms with E-state index in [9.17, 15) is 4.79 Å². The van der Waals surface area contributed by atoms with E-state index in [-0.39, 0.29) is 0 Å². The highest BCUT2D eigenvalue weighted by molar-refractivity contribution is 7.98. The number of aliphatic carboxylic acids is 1. The lowest BCUT2D eigenvalue weighted by atomic mass is 10.2. The van der Waals surface area contributed by atoms with Crippen molar-refractivity contribution in [2.24, 2.45) is 0 Å². The van der Waals surface area contributed by atoms with Gasteiger partial charge in [0.2, 0.25) is 0 Å². The van der Waals surface area contributed by atoms with Gasteiger partial charge in [0.05, 0.1) is 13.2 Å². The minimum absolute atomic E-state index is 0.323. The number of hydrogen-bond acceptors (Lipinski definition) is 4. The minimum atomic E-state index is -0.777. The molecule has 1 N–H and O–H groups in total. The molecule has 0 spiro atoms. The summed E-state index contributed by atoms with van der Waals surface area (Å²) < 4.78 is 5.12. The predicted octanol–water partition coefficient (Wildman–Crippen LogP) is 0.135. The quantitative estimate of drug-likeness (QED) is 0.707. The Morgan fingerprint density at radius 2 is 2.54 bits per heavy atom. The summed E-state index contributed by atoms with van der Waals surface area (Å²) in [5.41, 5.74) is 0. The van der Waals surface area contributed by atoms with Gasteiger partial charge >= 0.3 is 5.97 Å². The van der Waals surface area contributed by atoms with Crippen LogP contribution in [0.5, 0.6) is 0 Å². The smallest absolute Gasteiger partial charge is 0.323 e. The molecule has 1 aliphatic rings. The topological polar surface area (TPSA) is 49.8 Å². The molecule has 1 atom stereocenters. The van der Waals surface area contributed by atoms with Crippen LogP contribution in [-0.4, -0.2) is 60.3 Å². The summed E-state index contributed by atoms with van der Waals surface area (Å²) in [6.45, 7) is 2.54. The Balaban J connectivity index is 2.41. The van der Waals surface area contributed by atoms with E-state index in [4.69, 9.17) is 9.84 Å². The summed E-state index contributed by atoms with van der Waals surface area (Å²) in [5, 5.41) is 8.88. The molecule has 0 aromatic heterocycles. The first-order chi connectivity index (χ1) is 6.25. The van der Waals surface area contributed by atoms with Crippen LogP contribution in [0, 0.1) is 0 Å². The van der Waals surface area contributed by atoms with E-state index in [0.29, 0.717) is 13.2 Å². The highest BCUT2D eigenvalue weighted by atomic mass is 32.2. The molecule has 1 unspecified atom stereocenters. The number of ether oxygens (including phenoxy) is 1. The van der Waals surface area contributed by atoms with Gasteiger partial charge in [-0.1, -0.05) is 0 Å². The second-order valence-corrected chi connectivity index (χ2v) is 3.94. The summed E-state index contributed by atoms with van der Waals surface area (Å²) >= 11 is 1.73. The van der Waals surface area contributed by atoms with Gasteiger partial charge in [-0.2, -0.15) is 11.8 Å². The normalized spacial score (nSPS) is 24.5. The average molecular weight is 205 g/mol. The van der Waals surface area contributed by atoms with E-state index in [1.54, 1.807) is 11.8 Å². The maximum Gasteiger partial charge on any atom is 0.323 e. The molecule has 5 heteroatoms. The third-order valence-electron chi connectivity index (χ3n) is 2.11. The van der Waals surface area contributed by atoms with Gasteiger partial charge < -0.3 is 9.84 Å². The van der Waals surface area contributed by atoms with Crippen molar-refractivity contribution in [1.29, 1.82) is 0 Å². The second kappa shape index (κ2) is 5.47. The lowest BCUT2D eigenvalue weighted by Gasteiger charge is -2.32. The number of carboxylic acids is 1. The SMILES string of the molecule is CSCCN1CCOCC1C(=O)O. The van der Waals surface area contributed by atoms with Crippen LogP contribution in [0.2, 0.25) is 0 Å². The lowest BCUT2D eigenvalue weighted by Crippen LogP contribution is -2.50. The van der Waals surface area contributed by atoms with Crippen LogP contribution in [0.1, 0.15) is 0 Å². The van der Waals surface area contributed by atoms with Crippen LogP contribution in [0.15, 0.2) is 0 Å².